The van der Waals surface area contributed by atoms with Gasteiger partial charge in [-0.1, -0.05) is 54.1 Å². The van der Waals surface area contributed by atoms with Gasteiger partial charge in [0, 0.05) is 17.1 Å². The summed E-state index contributed by atoms with van der Waals surface area (Å²) in [6, 6.07) is 24.4. The first-order valence-corrected chi connectivity index (χ1v) is 16.5. The van der Waals surface area contributed by atoms with Gasteiger partial charge in [-0.25, -0.2) is 18.0 Å². The van der Waals surface area contributed by atoms with Crippen LogP contribution in [0.4, 0.5) is 10.5 Å². The fourth-order valence-corrected chi connectivity index (χ4v) is 6.09. The average molecular weight is 679 g/mol. The van der Waals surface area contributed by atoms with Gasteiger partial charge in [0.15, 0.2) is 0 Å². The normalized spacial score (nSPS) is 12.2. The average Bonchev–Trinajstić information content (AvgIpc) is 3.02. The third-order valence-corrected chi connectivity index (χ3v) is 9.00. The molecule has 0 fully saturated rings. The van der Waals surface area contributed by atoms with E-state index in [1.807, 2.05) is 0 Å². The third-order valence-electron chi connectivity index (χ3n) is 7.00. The minimum Gasteiger partial charge on any atom is -0.478 e. The van der Waals surface area contributed by atoms with Crippen LogP contribution in [0.25, 0.3) is 0 Å². The lowest BCUT2D eigenvalue weighted by atomic mass is 10.1. The molecule has 0 bridgehead atoms. The van der Waals surface area contributed by atoms with E-state index in [0.717, 1.165) is 6.07 Å². The Labute approximate surface area is 278 Å². The van der Waals surface area contributed by atoms with Gasteiger partial charge in [-0.05, 0) is 92.9 Å². The lowest BCUT2D eigenvalue weighted by Crippen LogP contribution is -2.40. The van der Waals surface area contributed by atoms with Crippen LogP contribution in [-0.4, -0.2) is 60.2 Å². The highest BCUT2D eigenvalue weighted by Gasteiger charge is 2.26. The van der Waals surface area contributed by atoms with Gasteiger partial charge < -0.3 is 25.2 Å². The molecular weight excluding hydrogens is 644 g/mol. The number of sulfone groups is 1. The quantitative estimate of drug-likeness (QED) is 0.160. The van der Waals surface area contributed by atoms with Crippen LogP contribution < -0.4 is 5.32 Å². The monoisotopic (exact) mass is 678 g/mol. The van der Waals surface area contributed by atoms with Crippen LogP contribution in [0.15, 0.2) is 107 Å². The lowest BCUT2D eigenvalue weighted by Gasteiger charge is -2.29. The predicted molar refractivity (Wildman–Crippen MR) is 178 cm³/mol. The van der Waals surface area contributed by atoms with Crippen molar-refractivity contribution in [2.45, 2.75) is 48.7 Å². The molecule has 12 heteroatoms. The van der Waals surface area contributed by atoms with Gasteiger partial charge in [-0.2, -0.15) is 0 Å². The molecule has 0 radical (unpaired) electrons. The van der Waals surface area contributed by atoms with Crippen molar-refractivity contribution in [1.29, 1.82) is 0 Å². The molecule has 0 aliphatic rings. The van der Waals surface area contributed by atoms with Crippen LogP contribution in [0, 0.1) is 0 Å². The number of hydrogen-bond donors (Lipinski definition) is 3. The summed E-state index contributed by atoms with van der Waals surface area (Å²) in [4.78, 5) is 38.7. The van der Waals surface area contributed by atoms with Crippen molar-refractivity contribution in [2.24, 2.45) is 0 Å². The molecular formula is C35H35ClN2O8S. The molecule has 0 saturated heterocycles. The first-order chi connectivity index (χ1) is 22.1. The summed E-state index contributed by atoms with van der Waals surface area (Å²) in [5, 5.41) is 23.6. The van der Waals surface area contributed by atoms with E-state index in [1.54, 1.807) is 87.5 Å². The summed E-state index contributed by atoms with van der Waals surface area (Å²) < 4.78 is 32.5. The zero-order chi connectivity index (χ0) is 34.4. The van der Waals surface area contributed by atoms with Crippen LogP contribution in [0.1, 0.15) is 58.7 Å². The molecule has 0 heterocycles. The summed E-state index contributed by atoms with van der Waals surface area (Å²) in [5.74, 6) is -1.95. The number of aliphatic hydroxyl groups excluding tert-OH is 1. The van der Waals surface area contributed by atoms with Gasteiger partial charge in [0.25, 0.3) is 5.91 Å². The van der Waals surface area contributed by atoms with Crippen molar-refractivity contribution in [2.75, 3.05) is 18.4 Å². The molecule has 0 aliphatic carbocycles. The van der Waals surface area contributed by atoms with E-state index in [2.05, 4.69) is 5.32 Å². The number of carbonyl (C=O) groups is 3. The molecule has 2 amide bonds. The number of halogens is 1. The maximum absolute atomic E-state index is 13.5. The van der Waals surface area contributed by atoms with Crippen molar-refractivity contribution in [3.8, 4) is 0 Å². The van der Waals surface area contributed by atoms with E-state index < -0.39 is 39.5 Å². The number of carboxylic acid groups (broad SMARTS) is 1. The second-order valence-electron chi connectivity index (χ2n) is 11.7. The van der Waals surface area contributed by atoms with E-state index in [9.17, 15) is 33.0 Å². The van der Waals surface area contributed by atoms with E-state index in [1.165, 1.54) is 29.2 Å². The van der Waals surface area contributed by atoms with Gasteiger partial charge in [0.2, 0.25) is 9.84 Å². The Balaban J connectivity index is 1.50. The standard InChI is InChI=1S/C35H35ClN2O8S/c1-35(2,3)46-34(43)38(22-31(39)25-10-7-11-26(36)20-25)19-18-23-12-14-27(15-13-23)47(44,45)28-16-17-30(29(21-28)33(41)42)37-32(40)24-8-5-4-6-9-24/h4-17,20-21,31,39H,18-19,22H2,1-3H3,(H,37,40)(H,41,42)/t31-/m0/s1. The number of carboxylic acids is 1. The van der Waals surface area contributed by atoms with Crippen molar-refractivity contribution in [1.82, 2.24) is 4.90 Å². The number of nitrogens with one attached hydrogen (secondary N) is 1. The molecule has 47 heavy (non-hydrogen) atoms. The van der Waals surface area contributed by atoms with Crippen molar-refractivity contribution in [3.05, 3.63) is 124 Å². The molecule has 1 atom stereocenters. The number of ether oxygens (including phenoxy) is 1. The first-order valence-electron chi connectivity index (χ1n) is 14.6. The van der Waals surface area contributed by atoms with Gasteiger partial charge >= 0.3 is 12.1 Å². The zero-order valence-electron chi connectivity index (χ0n) is 26.0. The molecule has 4 rings (SSSR count). The summed E-state index contributed by atoms with van der Waals surface area (Å²) >= 11 is 6.07. The number of amides is 2. The number of nitrogens with zero attached hydrogens (tertiary/aromatic N) is 1. The van der Waals surface area contributed by atoms with Gasteiger partial charge in [-0.15, -0.1) is 0 Å². The Hall–Kier alpha value is -4.71. The zero-order valence-corrected chi connectivity index (χ0v) is 27.6. The Morgan fingerprint density at radius 2 is 1.55 bits per heavy atom. The smallest absolute Gasteiger partial charge is 0.410 e. The SMILES string of the molecule is CC(C)(C)OC(=O)N(CCc1ccc(S(=O)(=O)c2ccc(NC(=O)c3ccccc3)c(C(=O)O)c2)cc1)C[C@H](O)c1cccc(Cl)c1. The summed E-state index contributed by atoms with van der Waals surface area (Å²) in [6.07, 6.45) is -1.32. The largest absolute Gasteiger partial charge is 0.478 e. The van der Waals surface area contributed by atoms with Crippen LogP contribution in [0.5, 0.6) is 0 Å². The van der Waals surface area contributed by atoms with E-state index in [-0.39, 0.29) is 34.1 Å². The lowest BCUT2D eigenvalue weighted by molar-refractivity contribution is 0.0147. The molecule has 0 spiro atoms. The van der Waals surface area contributed by atoms with Crippen LogP contribution in [-0.2, 0) is 21.0 Å². The van der Waals surface area contributed by atoms with Crippen molar-refractivity contribution >= 4 is 45.1 Å². The molecule has 10 nitrogen and oxygen atoms in total. The fourth-order valence-electron chi connectivity index (χ4n) is 4.61. The second kappa shape index (κ2) is 14.8. The number of hydrogen-bond acceptors (Lipinski definition) is 7. The summed E-state index contributed by atoms with van der Waals surface area (Å²) in [7, 11) is -4.13. The number of aromatic carboxylic acids is 1. The Kier molecular flexibility index (Phi) is 11.1. The number of benzene rings is 4. The molecule has 0 unspecified atom stereocenters. The molecule has 4 aromatic carbocycles. The summed E-state index contributed by atoms with van der Waals surface area (Å²) in [5.41, 5.74) is 0.369. The number of rotatable bonds is 11. The van der Waals surface area contributed by atoms with E-state index in [0.29, 0.717) is 28.1 Å². The Bertz CT molecular complexity index is 1860. The van der Waals surface area contributed by atoms with Crippen molar-refractivity contribution in [3.63, 3.8) is 0 Å². The summed E-state index contributed by atoms with van der Waals surface area (Å²) in [6.45, 7) is 5.32. The van der Waals surface area contributed by atoms with Crippen LogP contribution in [0.3, 0.4) is 0 Å². The van der Waals surface area contributed by atoms with E-state index >= 15 is 0 Å². The van der Waals surface area contributed by atoms with Gasteiger partial charge in [-0.3, -0.25) is 4.79 Å². The molecule has 0 aromatic heterocycles. The minimum absolute atomic E-state index is 0.0457. The van der Waals surface area contributed by atoms with Crippen LogP contribution in [0.2, 0.25) is 5.02 Å². The molecule has 4 aromatic rings. The fraction of sp³-hybridized carbons (Fsp3) is 0.229. The first kappa shape index (κ1) is 35.1. The van der Waals surface area contributed by atoms with Gasteiger partial charge in [0.1, 0.15) is 5.60 Å². The molecule has 0 saturated carbocycles. The molecule has 246 valence electrons. The Morgan fingerprint density at radius 1 is 0.894 bits per heavy atom. The highest BCUT2D eigenvalue weighted by Crippen LogP contribution is 2.27. The highest BCUT2D eigenvalue weighted by atomic mass is 35.5. The third kappa shape index (κ3) is 9.41. The Morgan fingerprint density at radius 3 is 2.17 bits per heavy atom. The number of anilines is 1. The molecule has 0 aliphatic heterocycles. The minimum atomic E-state index is -4.13. The second-order valence-corrected chi connectivity index (χ2v) is 14.1. The van der Waals surface area contributed by atoms with Crippen LogP contribution >= 0.6 is 11.6 Å². The predicted octanol–water partition coefficient (Wildman–Crippen LogP) is 6.64. The van der Waals surface area contributed by atoms with Crippen molar-refractivity contribution < 1.29 is 37.8 Å². The maximum Gasteiger partial charge on any atom is 0.410 e. The number of carbonyl (C=O) groups excluding carboxylic acids is 2. The van der Waals surface area contributed by atoms with Gasteiger partial charge in [0.05, 0.1) is 33.7 Å². The number of aliphatic hydroxyl groups is 1. The topological polar surface area (TPSA) is 150 Å². The van der Waals surface area contributed by atoms with E-state index in [4.69, 9.17) is 16.3 Å². The highest BCUT2D eigenvalue weighted by molar-refractivity contribution is 7.91. The molecule has 3 N–H and O–H groups in total. The maximum atomic E-state index is 13.5.